The third-order valence-corrected chi connectivity index (χ3v) is 3.01. The number of carbonyl (C=O) groups excluding carboxylic acids is 2. The summed E-state index contributed by atoms with van der Waals surface area (Å²) in [5.74, 6) is -0.737. The van der Waals surface area contributed by atoms with Crippen LogP contribution < -0.4 is 0 Å². The minimum atomic E-state index is -0.580. The zero-order chi connectivity index (χ0) is 15.6. The number of aromatic nitrogens is 1. The molecule has 2 rings (SSSR count). The first-order valence-electron chi connectivity index (χ1n) is 6.87. The summed E-state index contributed by atoms with van der Waals surface area (Å²) in [6.45, 7) is 7.26. The van der Waals surface area contributed by atoms with E-state index in [9.17, 15) is 9.59 Å². The molecule has 0 atom stereocenters. The first-order chi connectivity index (χ1) is 9.76. The summed E-state index contributed by atoms with van der Waals surface area (Å²) in [5, 5.41) is 1.95. The van der Waals surface area contributed by atoms with Gasteiger partial charge in [-0.1, -0.05) is 12.1 Å². The quantitative estimate of drug-likeness (QED) is 0.492. The van der Waals surface area contributed by atoms with Gasteiger partial charge >= 0.3 is 5.97 Å². The van der Waals surface area contributed by atoms with Crippen LogP contribution in [0.5, 0.6) is 0 Å². The number of hydrogen-bond acceptors (Lipinski definition) is 4. The average Bonchev–Trinajstić information content (AvgIpc) is 2.36. The summed E-state index contributed by atoms with van der Waals surface area (Å²) in [6.07, 6.45) is 1.46. The maximum Gasteiger partial charge on any atom is 0.314 e. The van der Waals surface area contributed by atoms with E-state index in [1.165, 1.54) is 0 Å². The number of ketones is 1. The summed E-state index contributed by atoms with van der Waals surface area (Å²) in [4.78, 5) is 28.1. The van der Waals surface area contributed by atoms with Gasteiger partial charge < -0.3 is 4.74 Å². The van der Waals surface area contributed by atoms with Gasteiger partial charge in [-0.3, -0.25) is 14.6 Å². The molecule has 0 aliphatic rings. The molecule has 0 unspecified atom stereocenters. The van der Waals surface area contributed by atoms with Gasteiger partial charge in [0.05, 0.1) is 0 Å². The lowest BCUT2D eigenvalue weighted by Crippen LogP contribution is -2.25. The molecule has 1 aromatic heterocycles. The average molecular weight is 285 g/mol. The number of carbonyl (C=O) groups is 2. The van der Waals surface area contributed by atoms with Gasteiger partial charge in [-0.2, -0.15) is 0 Å². The molecule has 1 heterocycles. The zero-order valence-corrected chi connectivity index (χ0v) is 12.8. The molecule has 0 saturated carbocycles. The molecule has 0 N–H and O–H groups in total. The SMILES string of the molecule is Cc1nccc2cc(C(=O)CC(=O)OC(C)(C)C)ccc12. The van der Waals surface area contributed by atoms with Gasteiger partial charge in [-0.05, 0) is 45.2 Å². The van der Waals surface area contributed by atoms with Crippen molar-refractivity contribution in [3.63, 3.8) is 0 Å². The highest BCUT2D eigenvalue weighted by molar-refractivity contribution is 6.07. The van der Waals surface area contributed by atoms with Gasteiger partial charge in [-0.15, -0.1) is 0 Å². The molecule has 0 aliphatic heterocycles. The number of benzene rings is 1. The molecule has 0 bridgehead atoms. The molecule has 0 aliphatic carbocycles. The summed E-state index contributed by atoms with van der Waals surface area (Å²) < 4.78 is 5.17. The van der Waals surface area contributed by atoms with Crippen molar-refractivity contribution < 1.29 is 14.3 Å². The van der Waals surface area contributed by atoms with Crippen molar-refractivity contribution in [3.05, 3.63) is 41.7 Å². The van der Waals surface area contributed by atoms with Crippen LogP contribution >= 0.6 is 0 Å². The Bertz CT molecular complexity index is 699. The van der Waals surface area contributed by atoms with E-state index < -0.39 is 11.6 Å². The van der Waals surface area contributed by atoms with Crippen LogP contribution in [0.25, 0.3) is 10.8 Å². The van der Waals surface area contributed by atoms with Crippen molar-refractivity contribution in [2.45, 2.75) is 39.7 Å². The first kappa shape index (κ1) is 15.2. The van der Waals surface area contributed by atoms with Gasteiger partial charge in [0.15, 0.2) is 5.78 Å². The van der Waals surface area contributed by atoms with Crippen LogP contribution in [0, 0.1) is 6.92 Å². The Morgan fingerprint density at radius 1 is 1.19 bits per heavy atom. The summed E-state index contributed by atoms with van der Waals surface area (Å²) >= 11 is 0. The van der Waals surface area contributed by atoms with E-state index in [1.807, 2.05) is 19.1 Å². The fraction of sp³-hybridized carbons (Fsp3) is 0.353. The van der Waals surface area contributed by atoms with Gasteiger partial charge in [0.25, 0.3) is 0 Å². The largest absolute Gasteiger partial charge is 0.460 e. The maximum atomic E-state index is 12.2. The molecule has 0 spiro atoms. The van der Waals surface area contributed by atoms with Crippen LogP contribution in [0.2, 0.25) is 0 Å². The fourth-order valence-electron chi connectivity index (χ4n) is 2.11. The molecule has 1 aromatic carbocycles. The lowest BCUT2D eigenvalue weighted by atomic mass is 10.0. The topological polar surface area (TPSA) is 56.3 Å². The van der Waals surface area contributed by atoms with Crippen LogP contribution in [0.1, 0.15) is 43.2 Å². The van der Waals surface area contributed by atoms with Gasteiger partial charge in [-0.25, -0.2) is 0 Å². The lowest BCUT2D eigenvalue weighted by molar-refractivity contribution is -0.153. The Hall–Kier alpha value is -2.23. The molecule has 0 saturated heterocycles. The van der Waals surface area contributed by atoms with Crippen LogP contribution in [0.15, 0.2) is 30.5 Å². The molecule has 0 fully saturated rings. The highest BCUT2D eigenvalue weighted by Crippen LogP contribution is 2.19. The van der Waals surface area contributed by atoms with Crippen molar-refractivity contribution in [2.24, 2.45) is 0 Å². The highest BCUT2D eigenvalue weighted by Gasteiger charge is 2.19. The van der Waals surface area contributed by atoms with E-state index in [-0.39, 0.29) is 12.2 Å². The Balaban J connectivity index is 2.18. The predicted molar refractivity (Wildman–Crippen MR) is 81.3 cm³/mol. The summed E-state index contributed by atoms with van der Waals surface area (Å²) in [5.41, 5.74) is 0.849. The number of rotatable bonds is 3. The minimum absolute atomic E-state index is 0.236. The standard InChI is InChI=1S/C17H19NO3/c1-11-14-6-5-13(9-12(14)7-8-18-11)15(19)10-16(20)21-17(2,3)4/h5-9H,10H2,1-4H3. The van der Waals surface area contributed by atoms with Gasteiger partial charge in [0.2, 0.25) is 0 Å². The molecule has 4 heteroatoms. The van der Waals surface area contributed by atoms with E-state index in [0.29, 0.717) is 5.56 Å². The predicted octanol–water partition coefficient (Wildman–Crippen LogP) is 3.46. The number of ether oxygens (including phenoxy) is 1. The van der Waals surface area contributed by atoms with Gasteiger partial charge in [0.1, 0.15) is 12.0 Å². The molecule has 2 aromatic rings. The summed E-state index contributed by atoms with van der Waals surface area (Å²) in [7, 11) is 0. The maximum absolute atomic E-state index is 12.2. The van der Waals surface area contributed by atoms with E-state index in [0.717, 1.165) is 16.5 Å². The Morgan fingerprint density at radius 3 is 2.57 bits per heavy atom. The molecular weight excluding hydrogens is 266 g/mol. The van der Waals surface area contributed by atoms with Crippen molar-refractivity contribution in [2.75, 3.05) is 0 Å². The van der Waals surface area contributed by atoms with Crippen LogP contribution in [0.4, 0.5) is 0 Å². The van der Waals surface area contributed by atoms with Crippen molar-refractivity contribution >= 4 is 22.5 Å². The van der Waals surface area contributed by atoms with Gasteiger partial charge in [0, 0.05) is 22.8 Å². The fourth-order valence-corrected chi connectivity index (χ4v) is 2.11. The Morgan fingerprint density at radius 2 is 1.90 bits per heavy atom. The lowest BCUT2D eigenvalue weighted by Gasteiger charge is -2.19. The van der Waals surface area contributed by atoms with Crippen molar-refractivity contribution in [3.8, 4) is 0 Å². The van der Waals surface area contributed by atoms with E-state index in [2.05, 4.69) is 4.98 Å². The zero-order valence-electron chi connectivity index (χ0n) is 12.8. The van der Waals surface area contributed by atoms with E-state index in [4.69, 9.17) is 4.74 Å². The number of aryl methyl sites for hydroxylation is 1. The number of Topliss-reactive ketones (excluding diaryl/α,β-unsaturated/α-hetero) is 1. The number of esters is 1. The van der Waals surface area contributed by atoms with Crippen LogP contribution in [0.3, 0.4) is 0 Å². The second-order valence-corrected chi connectivity index (χ2v) is 6.02. The van der Waals surface area contributed by atoms with Crippen molar-refractivity contribution in [1.82, 2.24) is 4.98 Å². The third-order valence-electron chi connectivity index (χ3n) is 3.01. The minimum Gasteiger partial charge on any atom is -0.460 e. The van der Waals surface area contributed by atoms with Crippen LogP contribution in [-0.4, -0.2) is 22.3 Å². The first-order valence-corrected chi connectivity index (χ1v) is 6.87. The van der Waals surface area contributed by atoms with Crippen LogP contribution in [-0.2, 0) is 9.53 Å². The van der Waals surface area contributed by atoms with Crippen molar-refractivity contribution in [1.29, 1.82) is 0 Å². The summed E-state index contributed by atoms with van der Waals surface area (Å²) in [6, 6.07) is 7.23. The highest BCUT2D eigenvalue weighted by atomic mass is 16.6. The number of pyridine rings is 1. The molecule has 0 radical (unpaired) electrons. The number of hydrogen-bond donors (Lipinski definition) is 0. The monoisotopic (exact) mass is 285 g/mol. The molecule has 0 amide bonds. The van der Waals surface area contributed by atoms with E-state index in [1.54, 1.807) is 39.1 Å². The molecule has 4 nitrogen and oxygen atoms in total. The normalized spacial score (nSPS) is 11.4. The molecule has 110 valence electrons. The Labute approximate surface area is 124 Å². The second kappa shape index (κ2) is 5.64. The molecule has 21 heavy (non-hydrogen) atoms. The third kappa shape index (κ3) is 3.88. The number of fused-ring (bicyclic) bond motifs is 1. The number of nitrogens with zero attached hydrogens (tertiary/aromatic N) is 1. The molecular formula is C17H19NO3. The second-order valence-electron chi connectivity index (χ2n) is 6.02. The van der Waals surface area contributed by atoms with E-state index >= 15 is 0 Å². The smallest absolute Gasteiger partial charge is 0.314 e. The Kier molecular flexibility index (Phi) is 4.07.